The fourth-order valence-corrected chi connectivity index (χ4v) is 6.34. The first kappa shape index (κ1) is 23.8. The van der Waals surface area contributed by atoms with Crippen LogP contribution in [0.3, 0.4) is 0 Å². The van der Waals surface area contributed by atoms with Gasteiger partial charge in [-0.1, -0.05) is 13.3 Å². The van der Waals surface area contributed by atoms with E-state index < -0.39 is 39.4 Å². The van der Waals surface area contributed by atoms with Crippen LogP contribution in [-0.4, -0.2) is 18.2 Å². The number of aromatic nitrogens is 2. The molecule has 0 bridgehead atoms. The van der Waals surface area contributed by atoms with E-state index in [4.69, 9.17) is 0 Å². The van der Waals surface area contributed by atoms with Gasteiger partial charge in [-0.2, -0.15) is 18.3 Å². The molecule has 5 rings (SSSR count). The molecule has 1 unspecified atom stereocenters. The lowest BCUT2D eigenvalue weighted by molar-refractivity contribution is -0.137. The molecule has 11 heteroatoms. The average molecular weight is 512 g/mol. The Hall–Kier alpha value is -2.95. The van der Waals surface area contributed by atoms with E-state index in [1.807, 2.05) is 6.92 Å². The van der Waals surface area contributed by atoms with Gasteiger partial charge in [0.15, 0.2) is 11.6 Å². The number of nitrogens with zero attached hydrogens (tertiary/aromatic N) is 3. The van der Waals surface area contributed by atoms with Crippen molar-refractivity contribution in [2.24, 2.45) is 5.92 Å². The minimum absolute atomic E-state index is 0.0496. The van der Waals surface area contributed by atoms with E-state index in [0.717, 1.165) is 54.3 Å². The van der Waals surface area contributed by atoms with Crippen LogP contribution in [0.5, 0.6) is 0 Å². The van der Waals surface area contributed by atoms with Gasteiger partial charge >= 0.3 is 6.18 Å². The molecule has 186 valence electrons. The molecule has 1 aromatic heterocycles. The number of anilines is 1. The second-order valence-electron chi connectivity index (χ2n) is 8.91. The average Bonchev–Trinajstić information content (AvgIpc) is 3.56. The standard InChI is InChI=1S/C24H22F5N3O2S/c1-2-3-10-31-23-17-11-19(25)20(26)12-21(17)32(22(14-4-5-14)18(23)13-30-31)35(33,34)16-8-6-15(7-9-16)24(27,28)29/h6-9,11-14,22H,2-5,10H2,1H3. The molecule has 1 atom stereocenters. The summed E-state index contributed by atoms with van der Waals surface area (Å²) in [7, 11) is -4.43. The highest BCUT2D eigenvalue weighted by Crippen LogP contribution is 2.55. The van der Waals surface area contributed by atoms with Crippen LogP contribution in [0.1, 0.15) is 49.8 Å². The summed E-state index contributed by atoms with van der Waals surface area (Å²) in [5, 5.41) is 4.43. The van der Waals surface area contributed by atoms with Crippen LogP contribution >= 0.6 is 0 Å². The number of aryl methyl sites for hydroxylation is 1. The Bertz CT molecular complexity index is 1380. The maximum Gasteiger partial charge on any atom is 0.416 e. The predicted molar refractivity (Wildman–Crippen MR) is 119 cm³/mol. The molecule has 0 saturated heterocycles. The number of benzene rings is 2. The Morgan fingerprint density at radius 2 is 1.71 bits per heavy atom. The van der Waals surface area contributed by atoms with Crippen molar-refractivity contribution in [3.63, 3.8) is 0 Å². The van der Waals surface area contributed by atoms with Crippen LogP contribution in [0.4, 0.5) is 27.6 Å². The van der Waals surface area contributed by atoms with Crippen molar-refractivity contribution >= 4 is 15.7 Å². The molecule has 0 radical (unpaired) electrons. The van der Waals surface area contributed by atoms with Crippen molar-refractivity contribution < 1.29 is 30.4 Å². The minimum atomic E-state index is -4.63. The third-order valence-electron chi connectivity index (χ3n) is 6.50. The molecule has 0 N–H and O–H groups in total. The summed E-state index contributed by atoms with van der Waals surface area (Å²) in [5.41, 5.74) is 0.272. The van der Waals surface area contributed by atoms with E-state index in [9.17, 15) is 30.4 Å². The lowest BCUT2D eigenvalue weighted by Gasteiger charge is -2.38. The molecule has 1 fully saturated rings. The number of hydrogen-bond acceptors (Lipinski definition) is 3. The van der Waals surface area contributed by atoms with E-state index in [0.29, 0.717) is 29.9 Å². The van der Waals surface area contributed by atoms with Gasteiger partial charge in [-0.05, 0) is 55.5 Å². The lowest BCUT2D eigenvalue weighted by Crippen LogP contribution is -2.39. The Kier molecular flexibility index (Phi) is 5.65. The van der Waals surface area contributed by atoms with E-state index in [-0.39, 0.29) is 22.1 Å². The molecule has 0 spiro atoms. The molecular weight excluding hydrogens is 489 g/mol. The van der Waals surface area contributed by atoms with Gasteiger partial charge in [0.25, 0.3) is 10.0 Å². The first-order valence-corrected chi connectivity index (χ1v) is 12.7. The van der Waals surface area contributed by atoms with Gasteiger partial charge in [0.2, 0.25) is 0 Å². The van der Waals surface area contributed by atoms with Crippen molar-refractivity contribution in [2.75, 3.05) is 4.31 Å². The van der Waals surface area contributed by atoms with Crippen LogP contribution in [-0.2, 0) is 22.7 Å². The first-order valence-electron chi connectivity index (χ1n) is 11.3. The summed E-state index contributed by atoms with van der Waals surface area (Å²) in [6, 6.07) is 4.26. The van der Waals surface area contributed by atoms with Crippen LogP contribution in [0.25, 0.3) is 11.3 Å². The maximum absolute atomic E-state index is 14.5. The third kappa shape index (κ3) is 3.99. The highest BCUT2D eigenvalue weighted by molar-refractivity contribution is 7.92. The fraction of sp³-hybridized carbons (Fsp3) is 0.375. The number of halogens is 5. The van der Waals surface area contributed by atoms with E-state index in [1.54, 1.807) is 10.9 Å². The monoisotopic (exact) mass is 511 g/mol. The summed E-state index contributed by atoms with van der Waals surface area (Å²) < 4.78 is 98.4. The zero-order chi connectivity index (χ0) is 25.1. The highest BCUT2D eigenvalue weighted by atomic mass is 32.2. The van der Waals surface area contributed by atoms with Gasteiger partial charge in [0.1, 0.15) is 0 Å². The molecule has 1 saturated carbocycles. The molecule has 35 heavy (non-hydrogen) atoms. The third-order valence-corrected chi connectivity index (χ3v) is 8.31. The Labute approximate surface area is 199 Å². The predicted octanol–water partition coefficient (Wildman–Crippen LogP) is 6.31. The molecule has 5 nitrogen and oxygen atoms in total. The number of sulfonamides is 1. The molecular formula is C24H22F5N3O2S. The molecule has 0 amide bonds. The van der Waals surface area contributed by atoms with Gasteiger partial charge in [-0.15, -0.1) is 0 Å². The Morgan fingerprint density at radius 3 is 2.31 bits per heavy atom. The summed E-state index contributed by atoms with van der Waals surface area (Å²) in [6.07, 6.45) is 0.0474. The molecule has 2 heterocycles. The summed E-state index contributed by atoms with van der Waals surface area (Å²) in [6.45, 7) is 2.53. The zero-order valence-electron chi connectivity index (χ0n) is 18.7. The smallest absolute Gasteiger partial charge is 0.264 e. The summed E-state index contributed by atoms with van der Waals surface area (Å²) in [4.78, 5) is -0.367. The van der Waals surface area contributed by atoms with Crippen LogP contribution in [0.15, 0.2) is 47.5 Å². The minimum Gasteiger partial charge on any atom is -0.264 e. The zero-order valence-corrected chi connectivity index (χ0v) is 19.5. The number of fused-ring (bicyclic) bond motifs is 3. The van der Waals surface area contributed by atoms with E-state index >= 15 is 0 Å². The van der Waals surface area contributed by atoms with Crippen LogP contribution < -0.4 is 4.31 Å². The Balaban J connectivity index is 1.70. The molecule has 1 aliphatic heterocycles. The quantitative estimate of drug-likeness (QED) is 0.365. The SMILES string of the molecule is CCCCn1ncc2c1-c1cc(F)c(F)cc1N(S(=O)(=O)c1ccc(C(F)(F)F)cc1)C2C1CC1. The summed E-state index contributed by atoms with van der Waals surface area (Å²) in [5.74, 6) is -2.42. The number of unbranched alkanes of at least 4 members (excludes halogenated alkanes) is 1. The van der Waals surface area contributed by atoms with Crippen molar-refractivity contribution in [1.29, 1.82) is 0 Å². The second-order valence-corrected chi connectivity index (χ2v) is 10.7. The van der Waals surface area contributed by atoms with E-state index in [2.05, 4.69) is 5.10 Å². The van der Waals surface area contributed by atoms with Crippen molar-refractivity contribution in [1.82, 2.24) is 9.78 Å². The van der Waals surface area contributed by atoms with Crippen LogP contribution in [0.2, 0.25) is 0 Å². The molecule has 1 aliphatic carbocycles. The van der Waals surface area contributed by atoms with Gasteiger partial charge in [0, 0.05) is 23.7 Å². The topological polar surface area (TPSA) is 55.2 Å². The van der Waals surface area contributed by atoms with Crippen molar-refractivity contribution in [2.45, 2.75) is 56.3 Å². The first-order chi connectivity index (χ1) is 16.5. The Morgan fingerprint density at radius 1 is 1.06 bits per heavy atom. The van der Waals surface area contributed by atoms with Gasteiger partial charge in [-0.3, -0.25) is 8.99 Å². The highest BCUT2D eigenvalue weighted by Gasteiger charge is 2.48. The number of hydrogen-bond donors (Lipinski definition) is 0. The van der Waals surface area contributed by atoms with Crippen LogP contribution in [0, 0.1) is 17.6 Å². The molecule has 3 aromatic rings. The lowest BCUT2D eigenvalue weighted by atomic mass is 9.92. The fourth-order valence-electron chi connectivity index (χ4n) is 4.64. The van der Waals surface area contributed by atoms with Gasteiger partial charge in [-0.25, -0.2) is 17.2 Å². The normalized spacial score (nSPS) is 17.9. The summed E-state index contributed by atoms with van der Waals surface area (Å²) >= 11 is 0. The number of rotatable bonds is 6. The number of alkyl halides is 3. The largest absolute Gasteiger partial charge is 0.416 e. The van der Waals surface area contributed by atoms with Crippen molar-refractivity contribution in [3.8, 4) is 11.3 Å². The van der Waals surface area contributed by atoms with Crippen molar-refractivity contribution in [3.05, 3.63) is 65.4 Å². The van der Waals surface area contributed by atoms with Gasteiger partial charge < -0.3 is 0 Å². The van der Waals surface area contributed by atoms with Gasteiger partial charge in [0.05, 0.1) is 34.1 Å². The maximum atomic E-state index is 14.5. The molecule has 2 aromatic carbocycles. The molecule has 2 aliphatic rings. The van der Waals surface area contributed by atoms with E-state index in [1.165, 1.54) is 0 Å². The second kappa shape index (κ2) is 8.32.